The predicted molar refractivity (Wildman–Crippen MR) is 176 cm³/mol. The molecule has 0 saturated heterocycles. The van der Waals surface area contributed by atoms with Crippen molar-refractivity contribution in [3.8, 4) is 45.3 Å². The summed E-state index contributed by atoms with van der Waals surface area (Å²) < 4.78 is 0. The van der Waals surface area contributed by atoms with Gasteiger partial charge in [-0.1, -0.05) is 121 Å². The van der Waals surface area contributed by atoms with Crippen LogP contribution in [-0.4, -0.2) is 15.0 Å². The number of nitrogens with zero attached hydrogens (tertiary/aromatic N) is 4. The van der Waals surface area contributed by atoms with Crippen molar-refractivity contribution in [2.75, 3.05) is 4.90 Å². The van der Waals surface area contributed by atoms with Gasteiger partial charge in [-0.25, -0.2) is 15.0 Å². The Bertz CT molecular complexity index is 1870. The number of rotatable bonds is 7. The monoisotopic (exact) mass is 552 g/mol. The maximum atomic E-state index is 4.89. The van der Waals surface area contributed by atoms with Crippen LogP contribution in [0.5, 0.6) is 0 Å². The van der Waals surface area contributed by atoms with Crippen molar-refractivity contribution in [2.45, 2.75) is 0 Å². The molecule has 1 aromatic heterocycles. The van der Waals surface area contributed by atoms with Gasteiger partial charge in [0.25, 0.3) is 0 Å². The van der Waals surface area contributed by atoms with Crippen LogP contribution in [0.3, 0.4) is 0 Å². The van der Waals surface area contributed by atoms with E-state index in [1.807, 2.05) is 72.8 Å². The molecule has 7 aromatic rings. The Morgan fingerprint density at radius 1 is 0.256 bits per heavy atom. The quantitative estimate of drug-likeness (QED) is 0.197. The first kappa shape index (κ1) is 26.1. The van der Waals surface area contributed by atoms with Gasteiger partial charge in [0.2, 0.25) is 0 Å². The molecule has 0 unspecified atom stereocenters. The second-order valence-electron chi connectivity index (χ2n) is 10.2. The van der Waals surface area contributed by atoms with Gasteiger partial charge >= 0.3 is 0 Å². The van der Waals surface area contributed by atoms with Crippen molar-refractivity contribution in [1.82, 2.24) is 15.0 Å². The molecule has 0 spiro atoms. The van der Waals surface area contributed by atoms with Crippen molar-refractivity contribution >= 4 is 17.1 Å². The molecule has 0 atom stereocenters. The van der Waals surface area contributed by atoms with Crippen molar-refractivity contribution in [1.29, 1.82) is 0 Å². The molecule has 0 bridgehead atoms. The Morgan fingerprint density at radius 3 is 0.953 bits per heavy atom. The van der Waals surface area contributed by atoms with E-state index in [0.717, 1.165) is 33.8 Å². The first-order chi connectivity index (χ1) is 21.3. The fraction of sp³-hybridized carbons (Fsp3) is 0. The van der Waals surface area contributed by atoms with Crippen LogP contribution in [-0.2, 0) is 0 Å². The van der Waals surface area contributed by atoms with Crippen molar-refractivity contribution in [3.63, 3.8) is 0 Å². The lowest BCUT2D eigenvalue weighted by molar-refractivity contribution is 1.07. The van der Waals surface area contributed by atoms with E-state index >= 15 is 0 Å². The van der Waals surface area contributed by atoms with E-state index in [-0.39, 0.29) is 0 Å². The Morgan fingerprint density at radius 2 is 0.535 bits per heavy atom. The van der Waals surface area contributed by atoms with E-state index in [1.54, 1.807) is 0 Å². The van der Waals surface area contributed by atoms with Crippen LogP contribution in [0.25, 0.3) is 45.3 Å². The lowest BCUT2D eigenvalue weighted by Crippen LogP contribution is -2.09. The Hall–Kier alpha value is -5.87. The van der Waals surface area contributed by atoms with Crippen molar-refractivity contribution < 1.29 is 0 Å². The summed E-state index contributed by atoms with van der Waals surface area (Å²) in [5, 5.41) is 0. The topological polar surface area (TPSA) is 41.9 Å². The zero-order valence-corrected chi connectivity index (χ0v) is 23.5. The third-order valence-electron chi connectivity index (χ3n) is 7.33. The van der Waals surface area contributed by atoms with Gasteiger partial charge in [0.1, 0.15) is 0 Å². The average molecular weight is 553 g/mol. The third kappa shape index (κ3) is 5.67. The minimum absolute atomic E-state index is 0.637. The molecule has 0 aliphatic rings. The van der Waals surface area contributed by atoms with E-state index in [4.69, 9.17) is 15.0 Å². The van der Waals surface area contributed by atoms with Gasteiger partial charge in [-0.05, 0) is 59.7 Å². The molecule has 6 aromatic carbocycles. The van der Waals surface area contributed by atoms with E-state index in [9.17, 15) is 0 Å². The van der Waals surface area contributed by atoms with Gasteiger partial charge in [0, 0.05) is 33.8 Å². The van der Waals surface area contributed by atoms with Gasteiger partial charge in [-0.2, -0.15) is 0 Å². The van der Waals surface area contributed by atoms with Gasteiger partial charge in [0.05, 0.1) is 0 Å². The maximum absolute atomic E-state index is 4.89. The minimum atomic E-state index is 0.637. The largest absolute Gasteiger partial charge is 0.311 e. The summed E-state index contributed by atoms with van der Waals surface area (Å²) in [4.78, 5) is 16.9. The standard InChI is InChI=1S/C39H28N4/c1-5-13-29(14-6-1)30-21-25-35(26-22-30)43(34-19-11-4-12-20-34)36-27-23-33(24-28-36)39-41-37(31-15-7-2-8-16-31)40-38(42-39)32-17-9-3-10-18-32/h1-28H. The Labute approximate surface area is 251 Å². The third-order valence-corrected chi connectivity index (χ3v) is 7.33. The smallest absolute Gasteiger partial charge is 0.164 e. The fourth-order valence-corrected chi connectivity index (χ4v) is 5.16. The van der Waals surface area contributed by atoms with Crippen LogP contribution in [0.15, 0.2) is 170 Å². The van der Waals surface area contributed by atoms with Crippen LogP contribution < -0.4 is 4.90 Å². The van der Waals surface area contributed by atoms with E-state index in [2.05, 4.69) is 102 Å². The summed E-state index contributed by atoms with van der Waals surface area (Å²) in [6, 6.07) is 58.1. The van der Waals surface area contributed by atoms with E-state index in [0.29, 0.717) is 17.5 Å². The normalized spacial score (nSPS) is 10.8. The summed E-state index contributed by atoms with van der Waals surface area (Å²) in [5.41, 5.74) is 8.43. The zero-order chi connectivity index (χ0) is 28.8. The predicted octanol–water partition coefficient (Wildman–Crippen LogP) is 10.0. The highest BCUT2D eigenvalue weighted by Gasteiger charge is 2.15. The minimum Gasteiger partial charge on any atom is -0.311 e. The molecule has 4 nitrogen and oxygen atoms in total. The molecular formula is C39H28N4. The second kappa shape index (κ2) is 11.9. The molecule has 0 amide bonds. The molecule has 204 valence electrons. The van der Waals surface area contributed by atoms with Crippen LogP contribution >= 0.6 is 0 Å². The molecule has 0 N–H and O–H groups in total. The van der Waals surface area contributed by atoms with Gasteiger partial charge in [-0.15, -0.1) is 0 Å². The molecule has 0 aliphatic heterocycles. The SMILES string of the molecule is c1ccc(-c2ccc(N(c3ccccc3)c3ccc(-c4nc(-c5ccccc5)nc(-c5ccccc5)n4)cc3)cc2)cc1. The molecule has 0 fully saturated rings. The Kier molecular flexibility index (Phi) is 7.23. The highest BCUT2D eigenvalue weighted by molar-refractivity contribution is 5.79. The Balaban J connectivity index is 1.27. The molecule has 0 aliphatic carbocycles. The zero-order valence-electron chi connectivity index (χ0n) is 23.5. The lowest BCUT2D eigenvalue weighted by Gasteiger charge is -2.25. The van der Waals surface area contributed by atoms with E-state index < -0.39 is 0 Å². The molecular weight excluding hydrogens is 524 g/mol. The number of benzene rings is 6. The molecule has 0 radical (unpaired) electrons. The summed E-state index contributed by atoms with van der Waals surface area (Å²) in [6.45, 7) is 0. The molecule has 4 heteroatoms. The molecule has 43 heavy (non-hydrogen) atoms. The first-order valence-electron chi connectivity index (χ1n) is 14.3. The van der Waals surface area contributed by atoms with Crippen LogP contribution in [0.2, 0.25) is 0 Å². The summed E-state index contributed by atoms with van der Waals surface area (Å²) in [5.74, 6) is 1.94. The molecule has 7 rings (SSSR count). The molecule has 1 heterocycles. The average Bonchev–Trinajstić information content (AvgIpc) is 3.10. The summed E-state index contributed by atoms with van der Waals surface area (Å²) in [6.07, 6.45) is 0. The van der Waals surface area contributed by atoms with Crippen molar-refractivity contribution in [3.05, 3.63) is 170 Å². The summed E-state index contributed by atoms with van der Waals surface area (Å²) >= 11 is 0. The highest BCUT2D eigenvalue weighted by atomic mass is 15.1. The van der Waals surface area contributed by atoms with Crippen LogP contribution in [0.1, 0.15) is 0 Å². The van der Waals surface area contributed by atoms with Crippen molar-refractivity contribution in [2.24, 2.45) is 0 Å². The second-order valence-corrected chi connectivity index (χ2v) is 10.2. The number of hydrogen-bond donors (Lipinski definition) is 0. The highest BCUT2D eigenvalue weighted by Crippen LogP contribution is 2.36. The maximum Gasteiger partial charge on any atom is 0.164 e. The number of para-hydroxylation sites is 1. The number of anilines is 3. The summed E-state index contributed by atoms with van der Waals surface area (Å²) in [7, 11) is 0. The molecule has 0 saturated carbocycles. The fourth-order valence-electron chi connectivity index (χ4n) is 5.16. The number of aromatic nitrogens is 3. The van der Waals surface area contributed by atoms with Gasteiger partial charge in [0.15, 0.2) is 17.5 Å². The first-order valence-corrected chi connectivity index (χ1v) is 14.3. The van der Waals surface area contributed by atoms with Crippen LogP contribution in [0.4, 0.5) is 17.1 Å². The van der Waals surface area contributed by atoms with Crippen LogP contribution in [0, 0.1) is 0 Å². The lowest BCUT2D eigenvalue weighted by atomic mass is 10.0. The van der Waals surface area contributed by atoms with Gasteiger partial charge in [-0.3, -0.25) is 0 Å². The number of hydrogen-bond acceptors (Lipinski definition) is 4. The van der Waals surface area contributed by atoms with Gasteiger partial charge < -0.3 is 4.90 Å². The van der Waals surface area contributed by atoms with E-state index in [1.165, 1.54) is 11.1 Å².